The summed E-state index contributed by atoms with van der Waals surface area (Å²) in [5.41, 5.74) is 2.25. The Balaban J connectivity index is 2.33. The van der Waals surface area contributed by atoms with Crippen molar-refractivity contribution in [3.05, 3.63) is 39.3 Å². The van der Waals surface area contributed by atoms with Crippen LogP contribution in [0.5, 0.6) is 0 Å². The van der Waals surface area contributed by atoms with Crippen molar-refractivity contribution in [2.24, 2.45) is 9.98 Å². The molecular weight excluding hydrogens is 250 g/mol. The molecule has 5 heteroatoms. The van der Waals surface area contributed by atoms with E-state index in [-0.39, 0.29) is 6.04 Å². The van der Waals surface area contributed by atoms with Crippen molar-refractivity contribution >= 4 is 28.8 Å². The third-order valence-corrected chi connectivity index (χ3v) is 4.13. The molecule has 3 rings (SSSR count). The number of thiophene rings is 1. The fraction of sp³-hybridized carbons (Fsp3) is 0.250. The van der Waals surface area contributed by atoms with Crippen LogP contribution in [0.25, 0.3) is 0 Å². The van der Waals surface area contributed by atoms with Crippen LogP contribution in [0.1, 0.15) is 18.5 Å². The maximum absolute atomic E-state index is 4.69. The van der Waals surface area contributed by atoms with E-state index in [1.54, 1.807) is 23.1 Å². The Hall–Kier alpha value is -1.20. The standard InChI is InChI=1S/C12H11N3S2/c1-7-8-5-17-6-11(8)15-9-3-12(16-2)13-4-10(9)14-7/h3-7H,1-2H3. The van der Waals surface area contributed by atoms with Gasteiger partial charge in [-0.25, -0.2) is 9.98 Å². The molecule has 0 saturated carbocycles. The predicted octanol–water partition coefficient (Wildman–Crippen LogP) is 2.51. The number of fused-ring (bicyclic) bond motifs is 2. The van der Waals surface area contributed by atoms with E-state index < -0.39 is 0 Å². The minimum Gasteiger partial charge on any atom is -0.274 e. The van der Waals surface area contributed by atoms with E-state index in [1.807, 2.05) is 18.5 Å². The van der Waals surface area contributed by atoms with Crippen molar-refractivity contribution in [2.75, 3.05) is 6.26 Å². The molecule has 0 spiro atoms. The number of pyridine rings is 1. The second-order valence-corrected chi connectivity index (χ2v) is 5.41. The minimum absolute atomic E-state index is 0.156. The smallest absolute Gasteiger partial charge is 0.102 e. The van der Waals surface area contributed by atoms with Gasteiger partial charge in [-0.2, -0.15) is 0 Å². The summed E-state index contributed by atoms with van der Waals surface area (Å²) in [5.74, 6) is 0. The first-order valence-corrected chi connectivity index (χ1v) is 7.47. The van der Waals surface area contributed by atoms with E-state index in [1.165, 1.54) is 5.56 Å². The van der Waals surface area contributed by atoms with E-state index in [2.05, 4.69) is 32.7 Å². The molecule has 3 heterocycles. The third kappa shape index (κ3) is 1.89. The Morgan fingerprint density at radius 2 is 2.18 bits per heavy atom. The fourth-order valence-corrected chi connectivity index (χ4v) is 3.07. The Labute approximate surface area is 107 Å². The summed E-state index contributed by atoms with van der Waals surface area (Å²) in [5, 5.41) is 7.00. The highest BCUT2D eigenvalue weighted by Crippen LogP contribution is 2.31. The van der Waals surface area contributed by atoms with Crippen molar-refractivity contribution in [2.45, 2.75) is 18.0 Å². The second kappa shape index (κ2) is 4.23. The zero-order chi connectivity index (χ0) is 11.8. The van der Waals surface area contributed by atoms with Gasteiger partial charge in [0.15, 0.2) is 0 Å². The van der Waals surface area contributed by atoms with Gasteiger partial charge in [-0.1, -0.05) is 0 Å². The molecule has 0 saturated heterocycles. The Morgan fingerprint density at radius 1 is 1.29 bits per heavy atom. The average molecular weight is 261 g/mol. The molecule has 17 heavy (non-hydrogen) atoms. The van der Waals surface area contributed by atoms with Crippen LogP contribution < -0.4 is 10.7 Å². The molecule has 0 amide bonds. The van der Waals surface area contributed by atoms with Gasteiger partial charge >= 0.3 is 0 Å². The van der Waals surface area contributed by atoms with Crippen molar-refractivity contribution in [3.8, 4) is 0 Å². The normalized spacial score (nSPS) is 17.4. The monoisotopic (exact) mass is 261 g/mol. The molecule has 0 bridgehead atoms. The molecule has 0 fully saturated rings. The van der Waals surface area contributed by atoms with E-state index in [4.69, 9.17) is 0 Å². The number of hydrogen-bond donors (Lipinski definition) is 0. The Kier molecular flexibility index (Phi) is 2.72. The molecule has 1 unspecified atom stereocenters. The lowest BCUT2D eigenvalue weighted by molar-refractivity contribution is 0.794. The summed E-state index contributed by atoms with van der Waals surface area (Å²) in [6.07, 6.45) is 3.83. The highest BCUT2D eigenvalue weighted by Gasteiger charge is 2.13. The van der Waals surface area contributed by atoms with E-state index in [9.17, 15) is 0 Å². The Bertz CT molecular complexity index is 675. The predicted molar refractivity (Wildman–Crippen MR) is 70.7 cm³/mol. The van der Waals surface area contributed by atoms with Crippen LogP contribution in [0.4, 0.5) is 5.69 Å². The van der Waals surface area contributed by atoms with Crippen LogP contribution >= 0.6 is 23.1 Å². The zero-order valence-corrected chi connectivity index (χ0v) is 11.2. The Morgan fingerprint density at radius 3 is 3.00 bits per heavy atom. The molecule has 0 radical (unpaired) electrons. The maximum atomic E-state index is 4.69. The van der Waals surface area contributed by atoms with Crippen LogP contribution in [-0.4, -0.2) is 11.2 Å². The van der Waals surface area contributed by atoms with Gasteiger partial charge in [-0.3, -0.25) is 4.99 Å². The first-order valence-electron chi connectivity index (χ1n) is 5.30. The lowest BCUT2D eigenvalue weighted by Gasteiger charge is -2.01. The summed E-state index contributed by atoms with van der Waals surface area (Å²) in [7, 11) is 0. The van der Waals surface area contributed by atoms with Gasteiger partial charge in [-0.15, -0.1) is 23.1 Å². The number of nitrogens with zero attached hydrogens (tertiary/aromatic N) is 3. The largest absolute Gasteiger partial charge is 0.274 e. The van der Waals surface area contributed by atoms with Crippen LogP contribution in [0.15, 0.2) is 38.0 Å². The number of thioether (sulfide) groups is 1. The molecule has 86 valence electrons. The number of aromatic nitrogens is 1. The van der Waals surface area contributed by atoms with Crippen molar-refractivity contribution < 1.29 is 0 Å². The summed E-state index contributed by atoms with van der Waals surface area (Å²) >= 11 is 3.30. The van der Waals surface area contributed by atoms with E-state index in [0.29, 0.717) is 0 Å². The molecule has 1 aliphatic heterocycles. The van der Waals surface area contributed by atoms with E-state index in [0.717, 1.165) is 21.4 Å². The number of hydrogen-bond acceptors (Lipinski definition) is 5. The van der Waals surface area contributed by atoms with Crippen molar-refractivity contribution in [3.63, 3.8) is 0 Å². The third-order valence-electron chi connectivity index (χ3n) is 2.74. The van der Waals surface area contributed by atoms with Gasteiger partial charge in [0.2, 0.25) is 0 Å². The zero-order valence-electron chi connectivity index (χ0n) is 9.54. The van der Waals surface area contributed by atoms with Crippen molar-refractivity contribution in [1.82, 2.24) is 4.98 Å². The van der Waals surface area contributed by atoms with Crippen LogP contribution in [0, 0.1) is 0 Å². The van der Waals surface area contributed by atoms with E-state index >= 15 is 0 Å². The summed E-state index contributed by atoms with van der Waals surface area (Å²) in [4.78, 5) is 13.7. The molecular formula is C12H11N3S2. The highest BCUT2D eigenvalue weighted by molar-refractivity contribution is 7.98. The van der Waals surface area contributed by atoms with Gasteiger partial charge in [0.25, 0.3) is 0 Å². The SMILES string of the molecule is CSc1cc2c(cn1)=NC(C)c1cscc1N=2. The van der Waals surface area contributed by atoms with Crippen LogP contribution in [0.3, 0.4) is 0 Å². The quantitative estimate of drug-likeness (QED) is 0.740. The molecule has 0 N–H and O–H groups in total. The lowest BCUT2D eigenvalue weighted by atomic mass is 10.2. The molecule has 2 aromatic heterocycles. The molecule has 2 aromatic rings. The van der Waals surface area contributed by atoms with Gasteiger partial charge in [-0.05, 0) is 24.6 Å². The molecule has 0 aliphatic carbocycles. The fourth-order valence-electron chi connectivity index (χ4n) is 1.83. The van der Waals surface area contributed by atoms with Gasteiger partial charge in [0.1, 0.15) is 5.36 Å². The number of rotatable bonds is 1. The van der Waals surface area contributed by atoms with Gasteiger partial charge in [0.05, 0.1) is 28.3 Å². The minimum atomic E-state index is 0.156. The second-order valence-electron chi connectivity index (χ2n) is 3.84. The maximum Gasteiger partial charge on any atom is 0.102 e. The first kappa shape index (κ1) is 10.9. The molecule has 3 nitrogen and oxygen atoms in total. The highest BCUT2D eigenvalue weighted by atomic mass is 32.2. The average Bonchev–Trinajstić information content (AvgIpc) is 2.75. The lowest BCUT2D eigenvalue weighted by Crippen LogP contribution is -2.25. The van der Waals surface area contributed by atoms with Crippen LogP contribution in [-0.2, 0) is 0 Å². The van der Waals surface area contributed by atoms with Gasteiger partial charge in [0, 0.05) is 10.9 Å². The first-order chi connectivity index (χ1) is 8.28. The van der Waals surface area contributed by atoms with Crippen LogP contribution in [0.2, 0.25) is 0 Å². The van der Waals surface area contributed by atoms with Gasteiger partial charge < -0.3 is 0 Å². The summed E-state index contributed by atoms with van der Waals surface area (Å²) in [6, 6.07) is 2.16. The molecule has 1 aliphatic rings. The van der Waals surface area contributed by atoms with Crippen molar-refractivity contribution in [1.29, 1.82) is 0 Å². The summed E-state index contributed by atoms with van der Waals surface area (Å²) in [6.45, 7) is 2.10. The molecule has 1 atom stereocenters. The molecule has 0 aromatic carbocycles. The topological polar surface area (TPSA) is 37.6 Å². The summed E-state index contributed by atoms with van der Waals surface area (Å²) < 4.78 is 0.